The van der Waals surface area contributed by atoms with E-state index < -0.39 is 0 Å². The number of hydrogen-bond acceptors (Lipinski definition) is 3. The van der Waals surface area contributed by atoms with E-state index in [1.165, 1.54) is 6.92 Å². The van der Waals surface area contributed by atoms with Crippen LogP contribution in [-0.4, -0.2) is 29.8 Å². The van der Waals surface area contributed by atoms with Gasteiger partial charge in [-0.25, -0.2) is 0 Å². The van der Waals surface area contributed by atoms with Gasteiger partial charge in [-0.05, 0) is 67.9 Å². The predicted octanol–water partition coefficient (Wildman–Crippen LogP) is 4.80. The average Bonchev–Trinajstić information content (AvgIpc) is 2.66. The van der Waals surface area contributed by atoms with Crippen LogP contribution in [0.15, 0.2) is 42.5 Å². The Morgan fingerprint density at radius 3 is 2.18 bits per heavy atom. The van der Waals surface area contributed by atoms with E-state index >= 15 is 0 Å². The molecule has 2 amide bonds. The minimum atomic E-state index is -0.122. The summed E-state index contributed by atoms with van der Waals surface area (Å²) < 4.78 is 0. The van der Waals surface area contributed by atoms with E-state index in [-0.39, 0.29) is 17.7 Å². The number of anilines is 2. The normalized spacial score (nSPS) is 15.2. The second-order valence-corrected chi connectivity index (χ2v) is 7.88. The first-order valence-electron chi connectivity index (χ1n) is 9.25. The van der Waals surface area contributed by atoms with Crippen LogP contribution in [0.2, 0.25) is 10.0 Å². The van der Waals surface area contributed by atoms with Gasteiger partial charge in [0.15, 0.2) is 0 Å². The number of carbonyl (C=O) groups is 2. The van der Waals surface area contributed by atoms with Crippen molar-refractivity contribution in [1.82, 2.24) is 4.90 Å². The van der Waals surface area contributed by atoms with E-state index in [0.717, 1.165) is 43.7 Å². The van der Waals surface area contributed by atoms with Crippen LogP contribution >= 0.6 is 23.2 Å². The highest BCUT2D eigenvalue weighted by Gasteiger charge is 2.25. The molecule has 2 aromatic carbocycles. The van der Waals surface area contributed by atoms with Crippen molar-refractivity contribution in [2.75, 3.05) is 23.7 Å². The fourth-order valence-corrected chi connectivity index (χ4v) is 3.80. The maximum atomic E-state index is 12.6. The quantitative estimate of drug-likeness (QED) is 0.731. The molecule has 1 saturated heterocycles. The first-order chi connectivity index (χ1) is 13.4. The standard InChI is InChI=1S/C21H23Cl2N3O2/c1-14(27)24-18-4-6-19(7-5-18)25-21(28)15-8-10-26(11-9-15)13-16-2-3-17(22)12-20(16)23/h2-7,12,15H,8-11,13H2,1H3,(H,24,27)(H,25,28). The molecule has 7 heteroatoms. The van der Waals surface area contributed by atoms with Gasteiger partial charge in [0.2, 0.25) is 11.8 Å². The molecule has 0 bridgehead atoms. The van der Waals surface area contributed by atoms with Gasteiger partial charge in [0.1, 0.15) is 0 Å². The third-order valence-corrected chi connectivity index (χ3v) is 5.43. The molecule has 0 aromatic heterocycles. The highest BCUT2D eigenvalue weighted by Crippen LogP contribution is 2.25. The van der Waals surface area contributed by atoms with Crippen molar-refractivity contribution in [2.24, 2.45) is 5.92 Å². The summed E-state index contributed by atoms with van der Waals surface area (Å²) >= 11 is 12.2. The van der Waals surface area contributed by atoms with Gasteiger partial charge in [0.05, 0.1) is 0 Å². The second kappa shape index (κ2) is 9.41. The van der Waals surface area contributed by atoms with Gasteiger partial charge in [-0.3, -0.25) is 14.5 Å². The molecule has 1 fully saturated rings. The molecule has 28 heavy (non-hydrogen) atoms. The van der Waals surface area contributed by atoms with Gasteiger partial charge < -0.3 is 10.6 Å². The smallest absolute Gasteiger partial charge is 0.227 e. The maximum Gasteiger partial charge on any atom is 0.227 e. The van der Waals surface area contributed by atoms with Crippen LogP contribution in [0.25, 0.3) is 0 Å². The monoisotopic (exact) mass is 419 g/mol. The number of benzene rings is 2. The topological polar surface area (TPSA) is 61.4 Å². The van der Waals surface area contributed by atoms with Crippen molar-refractivity contribution < 1.29 is 9.59 Å². The van der Waals surface area contributed by atoms with Crippen LogP contribution in [0.4, 0.5) is 11.4 Å². The lowest BCUT2D eigenvalue weighted by Crippen LogP contribution is -2.37. The molecule has 0 atom stereocenters. The SMILES string of the molecule is CC(=O)Nc1ccc(NC(=O)C2CCN(Cc3ccc(Cl)cc3Cl)CC2)cc1. The van der Waals surface area contributed by atoms with Crippen molar-refractivity contribution >= 4 is 46.4 Å². The summed E-state index contributed by atoms with van der Waals surface area (Å²) in [5, 5.41) is 6.98. The molecular formula is C21H23Cl2N3O2. The zero-order valence-corrected chi connectivity index (χ0v) is 17.2. The maximum absolute atomic E-state index is 12.6. The van der Waals surface area contributed by atoms with Crippen LogP contribution in [0.3, 0.4) is 0 Å². The largest absolute Gasteiger partial charge is 0.326 e. The number of carbonyl (C=O) groups excluding carboxylic acids is 2. The van der Waals surface area contributed by atoms with Gasteiger partial charge >= 0.3 is 0 Å². The summed E-state index contributed by atoms with van der Waals surface area (Å²) in [5.74, 6) is -0.0909. The second-order valence-electron chi connectivity index (χ2n) is 7.03. The lowest BCUT2D eigenvalue weighted by atomic mass is 9.95. The molecule has 1 heterocycles. The van der Waals surface area contributed by atoms with E-state index in [9.17, 15) is 9.59 Å². The zero-order chi connectivity index (χ0) is 20.1. The third-order valence-electron chi connectivity index (χ3n) is 4.84. The molecule has 0 saturated carbocycles. The zero-order valence-electron chi connectivity index (χ0n) is 15.7. The minimum absolute atomic E-state index is 0.00744. The molecule has 1 aliphatic heterocycles. The molecular weight excluding hydrogens is 397 g/mol. The van der Waals surface area contributed by atoms with Crippen molar-refractivity contribution in [3.05, 3.63) is 58.1 Å². The number of nitrogens with zero attached hydrogens (tertiary/aromatic N) is 1. The van der Waals surface area contributed by atoms with Crippen molar-refractivity contribution in [3.63, 3.8) is 0 Å². The van der Waals surface area contributed by atoms with Gasteiger partial charge in [-0.2, -0.15) is 0 Å². The van der Waals surface area contributed by atoms with Crippen molar-refractivity contribution in [3.8, 4) is 0 Å². The van der Waals surface area contributed by atoms with Crippen molar-refractivity contribution in [1.29, 1.82) is 0 Å². The van der Waals surface area contributed by atoms with Crippen LogP contribution in [0, 0.1) is 5.92 Å². The first kappa shape index (κ1) is 20.6. The molecule has 0 radical (unpaired) electrons. The van der Waals surface area contributed by atoms with Crippen LogP contribution in [0.1, 0.15) is 25.3 Å². The highest BCUT2D eigenvalue weighted by atomic mass is 35.5. The average molecular weight is 420 g/mol. The Morgan fingerprint density at radius 1 is 1.00 bits per heavy atom. The lowest BCUT2D eigenvalue weighted by Gasteiger charge is -2.31. The summed E-state index contributed by atoms with van der Waals surface area (Å²) in [6.45, 7) is 3.91. The summed E-state index contributed by atoms with van der Waals surface area (Å²) in [6.07, 6.45) is 1.61. The summed E-state index contributed by atoms with van der Waals surface area (Å²) in [5.41, 5.74) is 2.49. The minimum Gasteiger partial charge on any atom is -0.326 e. The number of halogens is 2. The fourth-order valence-electron chi connectivity index (χ4n) is 3.33. The van der Waals surface area contributed by atoms with Crippen LogP contribution in [0.5, 0.6) is 0 Å². The Kier molecular flexibility index (Phi) is 6.94. The summed E-state index contributed by atoms with van der Waals surface area (Å²) in [7, 11) is 0. The summed E-state index contributed by atoms with van der Waals surface area (Å²) in [6, 6.07) is 12.7. The molecule has 0 aliphatic carbocycles. The molecule has 2 N–H and O–H groups in total. The van der Waals surface area contributed by atoms with Gasteiger partial charge in [0.25, 0.3) is 0 Å². The number of hydrogen-bond donors (Lipinski definition) is 2. The number of nitrogens with one attached hydrogen (secondary N) is 2. The number of piperidine rings is 1. The Labute approximate surface area is 175 Å². The molecule has 3 rings (SSSR count). The van der Waals surface area contributed by atoms with Crippen LogP contribution < -0.4 is 10.6 Å². The number of rotatable bonds is 5. The van der Waals surface area contributed by atoms with Crippen molar-refractivity contribution in [2.45, 2.75) is 26.3 Å². The summed E-state index contributed by atoms with van der Waals surface area (Å²) in [4.78, 5) is 25.9. The van der Waals surface area contributed by atoms with Crippen LogP contribution in [-0.2, 0) is 16.1 Å². The molecule has 5 nitrogen and oxygen atoms in total. The van der Waals surface area contributed by atoms with E-state index in [2.05, 4.69) is 15.5 Å². The number of likely N-dealkylation sites (tertiary alicyclic amines) is 1. The highest BCUT2D eigenvalue weighted by molar-refractivity contribution is 6.35. The molecule has 0 unspecified atom stereocenters. The third kappa shape index (κ3) is 5.71. The Morgan fingerprint density at radius 2 is 1.61 bits per heavy atom. The molecule has 0 spiro atoms. The molecule has 2 aromatic rings. The Bertz CT molecular complexity index is 847. The predicted molar refractivity (Wildman–Crippen MR) is 114 cm³/mol. The lowest BCUT2D eigenvalue weighted by molar-refractivity contribution is -0.121. The van der Waals surface area contributed by atoms with Gasteiger partial charge in [-0.1, -0.05) is 29.3 Å². The van der Waals surface area contributed by atoms with E-state index in [0.29, 0.717) is 15.7 Å². The molecule has 1 aliphatic rings. The Balaban J connectivity index is 1.49. The number of amides is 2. The van der Waals surface area contributed by atoms with Gasteiger partial charge in [0, 0.05) is 40.8 Å². The first-order valence-corrected chi connectivity index (χ1v) is 10.0. The Hall–Kier alpha value is -2.08. The molecule has 148 valence electrons. The van der Waals surface area contributed by atoms with E-state index in [4.69, 9.17) is 23.2 Å². The van der Waals surface area contributed by atoms with E-state index in [1.54, 1.807) is 30.3 Å². The fraction of sp³-hybridized carbons (Fsp3) is 0.333. The van der Waals surface area contributed by atoms with E-state index in [1.807, 2.05) is 12.1 Å². The van der Waals surface area contributed by atoms with Gasteiger partial charge in [-0.15, -0.1) is 0 Å².